The van der Waals surface area contributed by atoms with Crippen LogP contribution in [-0.4, -0.2) is 16.1 Å². The van der Waals surface area contributed by atoms with Gasteiger partial charge in [0.05, 0.1) is 0 Å². The second-order valence-electron chi connectivity index (χ2n) is 4.76. The van der Waals surface area contributed by atoms with Gasteiger partial charge in [-0.3, -0.25) is 0 Å². The van der Waals surface area contributed by atoms with Gasteiger partial charge in [0.15, 0.2) is 11.4 Å². The van der Waals surface area contributed by atoms with Gasteiger partial charge in [0.25, 0.3) is 0 Å². The van der Waals surface area contributed by atoms with Crippen molar-refractivity contribution in [2.24, 2.45) is 0 Å². The van der Waals surface area contributed by atoms with E-state index in [1.807, 2.05) is 32.0 Å². The number of carboxylic acids is 1. The Morgan fingerprint density at radius 2 is 1.80 bits per heavy atom. The summed E-state index contributed by atoms with van der Waals surface area (Å²) < 4.78 is 5.66. The molecular weight excluding hydrogens is 254 g/mol. The SMILES string of the molecule is Cc1ccc(OCc2c(C)cccc2C)c(C(=O)O)n1. The number of aryl methyl sites for hydroxylation is 3. The van der Waals surface area contributed by atoms with Crippen LogP contribution in [0, 0.1) is 20.8 Å². The number of nitrogens with zero attached hydrogens (tertiary/aromatic N) is 1. The van der Waals surface area contributed by atoms with Crippen LogP contribution < -0.4 is 4.74 Å². The second-order valence-corrected chi connectivity index (χ2v) is 4.76. The van der Waals surface area contributed by atoms with Gasteiger partial charge >= 0.3 is 5.97 Å². The Bertz CT molecular complexity index is 630. The highest BCUT2D eigenvalue weighted by Gasteiger charge is 2.14. The lowest BCUT2D eigenvalue weighted by Crippen LogP contribution is -2.08. The maximum absolute atomic E-state index is 11.2. The van der Waals surface area contributed by atoms with Crippen LogP contribution in [0.5, 0.6) is 5.75 Å². The molecule has 0 amide bonds. The molecule has 0 aliphatic carbocycles. The van der Waals surface area contributed by atoms with Crippen LogP contribution in [0.25, 0.3) is 0 Å². The van der Waals surface area contributed by atoms with Crippen LogP contribution in [0.2, 0.25) is 0 Å². The molecule has 2 aromatic rings. The summed E-state index contributed by atoms with van der Waals surface area (Å²) in [5.41, 5.74) is 3.94. The molecule has 0 unspecified atom stereocenters. The van der Waals surface area contributed by atoms with E-state index in [0.29, 0.717) is 18.1 Å². The van der Waals surface area contributed by atoms with E-state index in [0.717, 1.165) is 16.7 Å². The highest BCUT2D eigenvalue weighted by Crippen LogP contribution is 2.21. The standard InChI is InChI=1S/C16H17NO3/c1-10-5-4-6-11(2)13(10)9-20-14-8-7-12(3)17-15(14)16(18)19/h4-8H,9H2,1-3H3,(H,18,19). The lowest BCUT2D eigenvalue weighted by atomic mass is 10.0. The monoisotopic (exact) mass is 271 g/mol. The van der Waals surface area contributed by atoms with E-state index in [-0.39, 0.29) is 5.69 Å². The van der Waals surface area contributed by atoms with Gasteiger partial charge < -0.3 is 9.84 Å². The third-order valence-corrected chi connectivity index (χ3v) is 3.22. The average Bonchev–Trinajstić information content (AvgIpc) is 2.39. The molecule has 2 rings (SSSR count). The topological polar surface area (TPSA) is 59.4 Å². The molecule has 104 valence electrons. The van der Waals surface area contributed by atoms with E-state index >= 15 is 0 Å². The number of pyridine rings is 1. The molecule has 1 aromatic heterocycles. The Balaban J connectivity index is 2.25. The highest BCUT2D eigenvalue weighted by molar-refractivity contribution is 5.88. The zero-order valence-corrected chi connectivity index (χ0v) is 11.8. The van der Waals surface area contributed by atoms with Crippen molar-refractivity contribution in [1.82, 2.24) is 4.98 Å². The summed E-state index contributed by atoms with van der Waals surface area (Å²) in [5.74, 6) is -0.782. The average molecular weight is 271 g/mol. The molecule has 1 N–H and O–H groups in total. The number of aromatic carboxylic acids is 1. The number of rotatable bonds is 4. The normalized spacial score (nSPS) is 10.3. The number of hydrogen-bond acceptors (Lipinski definition) is 3. The van der Waals surface area contributed by atoms with E-state index in [1.165, 1.54) is 0 Å². The Kier molecular flexibility index (Phi) is 4.03. The Morgan fingerprint density at radius 1 is 1.15 bits per heavy atom. The van der Waals surface area contributed by atoms with E-state index in [4.69, 9.17) is 9.84 Å². The number of carbonyl (C=O) groups is 1. The number of ether oxygens (including phenoxy) is 1. The predicted octanol–water partition coefficient (Wildman–Crippen LogP) is 3.28. The van der Waals surface area contributed by atoms with Crippen LogP contribution in [-0.2, 0) is 6.61 Å². The molecule has 0 saturated carbocycles. The fourth-order valence-electron chi connectivity index (χ4n) is 2.04. The predicted molar refractivity (Wildman–Crippen MR) is 76.2 cm³/mol. The van der Waals surface area contributed by atoms with Crippen LogP contribution in [0.4, 0.5) is 0 Å². The third-order valence-electron chi connectivity index (χ3n) is 3.22. The van der Waals surface area contributed by atoms with Gasteiger partial charge in [-0.25, -0.2) is 9.78 Å². The first-order valence-electron chi connectivity index (χ1n) is 6.38. The fourth-order valence-corrected chi connectivity index (χ4v) is 2.04. The largest absolute Gasteiger partial charge is 0.486 e. The number of carboxylic acid groups (broad SMARTS) is 1. The van der Waals surface area contributed by atoms with Gasteiger partial charge in [0, 0.05) is 5.69 Å². The molecule has 4 nitrogen and oxygen atoms in total. The molecule has 0 spiro atoms. The first kappa shape index (κ1) is 14.1. The molecule has 1 aromatic carbocycles. The van der Waals surface area contributed by atoms with Crippen molar-refractivity contribution in [3.05, 3.63) is 58.4 Å². The summed E-state index contributed by atoms with van der Waals surface area (Å²) >= 11 is 0. The quantitative estimate of drug-likeness (QED) is 0.927. The van der Waals surface area contributed by atoms with Crippen molar-refractivity contribution in [3.8, 4) is 5.75 Å². The zero-order valence-electron chi connectivity index (χ0n) is 11.8. The number of hydrogen-bond donors (Lipinski definition) is 1. The third kappa shape index (κ3) is 2.96. The van der Waals surface area contributed by atoms with E-state index in [2.05, 4.69) is 4.98 Å². The van der Waals surface area contributed by atoms with E-state index < -0.39 is 5.97 Å². The van der Waals surface area contributed by atoms with Crippen molar-refractivity contribution < 1.29 is 14.6 Å². The molecule has 20 heavy (non-hydrogen) atoms. The van der Waals surface area contributed by atoms with Crippen LogP contribution >= 0.6 is 0 Å². The Morgan fingerprint density at radius 3 is 2.40 bits per heavy atom. The molecule has 0 aliphatic heterocycles. The van der Waals surface area contributed by atoms with Gasteiger partial charge in [-0.15, -0.1) is 0 Å². The minimum absolute atomic E-state index is 0.0452. The molecule has 0 radical (unpaired) electrons. The molecular formula is C16H17NO3. The van der Waals surface area contributed by atoms with E-state index in [9.17, 15) is 4.79 Å². The highest BCUT2D eigenvalue weighted by atomic mass is 16.5. The summed E-state index contributed by atoms with van der Waals surface area (Å²) in [5, 5.41) is 9.15. The summed E-state index contributed by atoms with van der Waals surface area (Å²) in [6, 6.07) is 9.41. The van der Waals surface area contributed by atoms with Crippen molar-refractivity contribution in [1.29, 1.82) is 0 Å². The van der Waals surface area contributed by atoms with Gasteiger partial charge in [-0.2, -0.15) is 0 Å². The molecule has 0 atom stereocenters. The minimum atomic E-state index is -1.08. The molecule has 0 bridgehead atoms. The molecule has 0 aliphatic rings. The smallest absolute Gasteiger partial charge is 0.358 e. The van der Waals surface area contributed by atoms with Gasteiger partial charge in [-0.1, -0.05) is 18.2 Å². The van der Waals surface area contributed by atoms with Gasteiger partial charge in [-0.05, 0) is 49.6 Å². The lowest BCUT2D eigenvalue weighted by molar-refractivity contribution is 0.0684. The Hall–Kier alpha value is -2.36. The van der Waals surface area contributed by atoms with Crippen LogP contribution in [0.15, 0.2) is 30.3 Å². The molecule has 1 heterocycles. The Labute approximate surface area is 118 Å². The van der Waals surface area contributed by atoms with E-state index in [1.54, 1.807) is 19.1 Å². The minimum Gasteiger partial charge on any atom is -0.486 e. The van der Waals surface area contributed by atoms with Gasteiger partial charge in [0.1, 0.15) is 6.61 Å². The molecule has 0 saturated heterocycles. The second kappa shape index (κ2) is 5.74. The van der Waals surface area contributed by atoms with Crippen molar-refractivity contribution in [3.63, 3.8) is 0 Å². The van der Waals surface area contributed by atoms with Crippen molar-refractivity contribution in [2.75, 3.05) is 0 Å². The summed E-state index contributed by atoms with van der Waals surface area (Å²) in [6.45, 7) is 6.11. The number of aromatic nitrogens is 1. The van der Waals surface area contributed by atoms with Crippen molar-refractivity contribution >= 4 is 5.97 Å². The summed E-state index contributed by atoms with van der Waals surface area (Å²) in [4.78, 5) is 15.2. The first-order valence-corrected chi connectivity index (χ1v) is 6.38. The summed E-state index contributed by atoms with van der Waals surface area (Å²) in [6.07, 6.45) is 0. The molecule has 4 heteroatoms. The van der Waals surface area contributed by atoms with Crippen LogP contribution in [0.1, 0.15) is 32.9 Å². The maximum Gasteiger partial charge on any atom is 0.358 e. The fraction of sp³-hybridized carbons (Fsp3) is 0.250. The van der Waals surface area contributed by atoms with Gasteiger partial charge in [0.2, 0.25) is 0 Å². The summed E-state index contributed by atoms with van der Waals surface area (Å²) in [7, 11) is 0. The number of benzene rings is 1. The van der Waals surface area contributed by atoms with Crippen LogP contribution in [0.3, 0.4) is 0 Å². The first-order chi connectivity index (χ1) is 9.49. The van der Waals surface area contributed by atoms with Crippen molar-refractivity contribution in [2.45, 2.75) is 27.4 Å². The lowest BCUT2D eigenvalue weighted by Gasteiger charge is -2.12. The zero-order chi connectivity index (χ0) is 14.7. The maximum atomic E-state index is 11.2. The molecule has 0 fully saturated rings.